The lowest BCUT2D eigenvalue weighted by Gasteiger charge is -2.27. The van der Waals surface area contributed by atoms with E-state index in [1.807, 2.05) is 16.9 Å². The quantitative estimate of drug-likeness (QED) is 0.694. The summed E-state index contributed by atoms with van der Waals surface area (Å²) < 4.78 is 10.5. The van der Waals surface area contributed by atoms with Gasteiger partial charge in [-0.3, -0.25) is 15.2 Å². The molecule has 2 fully saturated rings. The number of nitrogens with zero attached hydrogens (tertiary/aromatic N) is 3. The average Bonchev–Trinajstić information content (AvgIpc) is 2.40. The smallest absolute Gasteiger partial charge is 0.240 e. The van der Waals surface area contributed by atoms with Crippen LogP contribution in [0.4, 0.5) is 0 Å². The molecule has 108 valence electrons. The van der Waals surface area contributed by atoms with Crippen LogP contribution in [0.15, 0.2) is 5.10 Å². The van der Waals surface area contributed by atoms with Gasteiger partial charge in [-0.25, -0.2) is 5.01 Å². The molecule has 2 rings (SSSR count). The Bertz CT molecular complexity index is 323. The van der Waals surface area contributed by atoms with Crippen LogP contribution in [0.1, 0.15) is 13.3 Å². The van der Waals surface area contributed by atoms with Crippen molar-refractivity contribution >= 4 is 11.6 Å². The standard InChI is InChI=1S/C12H22N4O3/c1-11(13-15-2-6-18-7-3-15)10-12(17)14-16-4-8-19-9-5-16/h2-10H2,1H3,(H,14,17)/b13-11-. The van der Waals surface area contributed by atoms with Crippen LogP contribution in [0.3, 0.4) is 0 Å². The van der Waals surface area contributed by atoms with Crippen LogP contribution in [0.2, 0.25) is 0 Å². The van der Waals surface area contributed by atoms with Gasteiger partial charge in [0.25, 0.3) is 0 Å². The Kier molecular flexibility index (Phi) is 5.56. The molecule has 1 N–H and O–H groups in total. The molecule has 2 aliphatic heterocycles. The van der Waals surface area contributed by atoms with Crippen LogP contribution in [-0.2, 0) is 14.3 Å². The monoisotopic (exact) mass is 270 g/mol. The zero-order valence-electron chi connectivity index (χ0n) is 11.4. The molecule has 0 radical (unpaired) electrons. The second-order valence-electron chi connectivity index (χ2n) is 4.71. The molecule has 19 heavy (non-hydrogen) atoms. The van der Waals surface area contributed by atoms with Crippen molar-refractivity contribution in [1.82, 2.24) is 15.4 Å². The first-order chi connectivity index (χ1) is 9.24. The second kappa shape index (κ2) is 7.42. The van der Waals surface area contributed by atoms with Crippen molar-refractivity contribution in [3.8, 4) is 0 Å². The molecule has 0 unspecified atom stereocenters. The van der Waals surface area contributed by atoms with E-state index in [-0.39, 0.29) is 5.91 Å². The first-order valence-electron chi connectivity index (χ1n) is 6.73. The van der Waals surface area contributed by atoms with Crippen molar-refractivity contribution in [2.45, 2.75) is 13.3 Å². The van der Waals surface area contributed by atoms with Gasteiger partial charge in [0.1, 0.15) is 0 Å². The number of hydrogen-bond donors (Lipinski definition) is 1. The Hall–Kier alpha value is -1.18. The van der Waals surface area contributed by atoms with Gasteiger partial charge in [-0.1, -0.05) is 0 Å². The Labute approximate surface area is 113 Å². The highest BCUT2D eigenvalue weighted by Gasteiger charge is 2.14. The molecular formula is C12H22N4O3. The molecular weight excluding hydrogens is 248 g/mol. The normalized spacial score (nSPS) is 22.4. The van der Waals surface area contributed by atoms with E-state index in [9.17, 15) is 4.79 Å². The van der Waals surface area contributed by atoms with Gasteiger partial charge in [0.05, 0.1) is 45.9 Å². The van der Waals surface area contributed by atoms with Gasteiger partial charge in [0.15, 0.2) is 0 Å². The van der Waals surface area contributed by atoms with Gasteiger partial charge in [0.2, 0.25) is 5.91 Å². The first kappa shape index (κ1) is 14.2. The summed E-state index contributed by atoms with van der Waals surface area (Å²) in [6.07, 6.45) is 0.328. The zero-order chi connectivity index (χ0) is 13.5. The summed E-state index contributed by atoms with van der Waals surface area (Å²) >= 11 is 0. The number of carbonyl (C=O) groups excluding carboxylic acids is 1. The highest BCUT2D eigenvalue weighted by Crippen LogP contribution is 2.00. The molecule has 0 aromatic carbocycles. The van der Waals surface area contributed by atoms with E-state index in [1.165, 1.54) is 0 Å². The minimum absolute atomic E-state index is 0.0172. The Balaban J connectivity index is 1.72. The topological polar surface area (TPSA) is 66.4 Å². The van der Waals surface area contributed by atoms with Crippen molar-refractivity contribution < 1.29 is 14.3 Å². The maximum absolute atomic E-state index is 11.8. The number of morpholine rings is 2. The van der Waals surface area contributed by atoms with Gasteiger partial charge in [-0.15, -0.1) is 0 Å². The molecule has 0 saturated carbocycles. The maximum atomic E-state index is 11.8. The largest absolute Gasteiger partial charge is 0.379 e. The number of rotatable bonds is 4. The lowest BCUT2D eigenvalue weighted by atomic mass is 10.3. The summed E-state index contributed by atoms with van der Waals surface area (Å²) in [6, 6.07) is 0. The van der Waals surface area contributed by atoms with Crippen LogP contribution in [0.25, 0.3) is 0 Å². The molecule has 2 saturated heterocycles. The molecule has 0 aromatic heterocycles. The average molecular weight is 270 g/mol. The molecule has 2 heterocycles. The van der Waals surface area contributed by atoms with Gasteiger partial charge in [-0.05, 0) is 6.92 Å². The van der Waals surface area contributed by atoms with Gasteiger partial charge < -0.3 is 9.47 Å². The van der Waals surface area contributed by atoms with Gasteiger partial charge in [-0.2, -0.15) is 5.10 Å². The molecule has 0 spiro atoms. The molecule has 7 nitrogen and oxygen atoms in total. The maximum Gasteiger partial charge on any atom is 0.240 e. The molecule has 1 amide bonds. The highest BCUT2D eigenvalue weighted by atomic mass is 16.5. The van der Waals surface area contributed by atoms with Crippen molar-refractivity contribution in [3.05, 3.63) is 0 Å². The van der Waals surface area contributed by atoms with E-state index in [1.54, 1.807) is 0 Å². The number of hydrogen-bond acceptors (Lipinski definition) is 6. The van der Waals surface area contributed by atoms with E-state index in [0.717, 1.165) is 31.9 Å². The number of hydrazone groups is 1. The third-order valence-corrected chi connectivity index (χ3v) is 3.01. The van der Waals surface area contributed by atoms with E-state index in [4.69, 9.17) is 9.47 Å². The van der Waals surface area contributed by atoms with Crippen LogP contribution < -0.4 is 5.43 Å². The van der Waals surface area contributed by atoms with E-state index in [0.29, 0.717) is 32.8 Å². The van der Waals surface area contributed by atoms with Gasteiger partial charge >= 0.3 is 0 Å². The number of carbonyl (C=O) groups is 1. The second-order valence-corrected chi connectivity index (χ2v) is 4.71. The molecule has 0 aromatic rings. The fourth-order valence-electron chi connectivity index (χ4n) is 2.05. The van der Waals surface area contributed by atoms with Gasteiger partial charge in [0, 0.05) is 18.8 Å². The van der Waals surface area contributed by atoms with E-state index in [2.05, 4.69) is 10.5 Å². The Morgan fingerprint density at radius 1 is 1.11 bits per heavy atom. The number of amides is 1. The first-order valence-corrected chi connectivity index (χ1v) is 6.73. The summed E-state index contributed by atoms with van der Waals surface area (Å²) in [6.45, 7) is 7.70. The summed E-state index contributed by atoms with van der Waals surface area (Å²) in [5.74, 6) is -0.0172. The van der Waals surface area contributed by atoms with Crippen LogP contribution >= 0.6 is 0 Å². The zero-order valence-corrected chi connectivity index (χ0v) is 11.4. The number of nitrogens with one attached hydrogen (secondary N) is 1. The molecule has 0 aliphatic carbocycles. The van der Waals surface area contributed by atoms with E-state index < -0.39 is 0 Å². The predicted molar refractivity (Wildman–Crippen MR) is 70.7 cm³/mol. The molecule has 0 bridgehead atoms. The van der Waals surface area contributed by atoms with E-state index >= 15 is 0 Å². The highest BCUT2D eigenvalue weighted by molar-refractivity contribution is 5.99. The van der Waals surface area contributed by atoms with Crippen LogP contribution in [0.5, 0.6) is 0 Å². The third kappa shape index (κ3) is 5.14. The Morgan fingerprint density at radius 3 is 2.32 bits per heavy atom. The number of hydrazine groups is 1. The molecule has 0 atom stereocenters. The summed E-state index contributed by atoms with van der Waals surface area (Å²) in [5.41, 5.74) is 3.70. The van der Waals surface area contributed by atoms with Crippen LogP contribution in [0, 0.1) is 0 Å². The minimum Gasteiger partial charge on any atom is -0.379 e. The van der Waals surface area contributed by atoms with Crippen LogP contribution in [-0.4, -0.2) is 74.2 Å². The lowest BCUT2D eigenvalue weighted by Crippen LogP contribution is -2.48. The minimum atomic E-state index is -0.0172. The number of ether oxygens (including phenoxy) is 2. The van der Waals surface area contributed by atoms with Crippen molar-refractivity contribution in [1.29, 1.82) is 0 Å². The molecule has 2 aliphatic rings. The predicted octanol–water partition coefficient (Wildman–Crippen LogP) is -0.552. The SMILES string of the molecule is C/C(CC(=O)NN1CCOCC1)=N/N1CCOCC1. The Morgan fingerprint density at radius 2 is 1.68 bits per heavy atom. The summed E-state index contributed by atoms with van der Waals surface area (Å²) in [5, 5.41) is 8.29. The summed E-state index contributed by atoms with van der Waals surface area (Å²) in [4.78, 5) is 11.8. The van der Waals surface area contributed by atoms with Crippen molar-refractivity contribution in [2.24, 2.45) is 5.10 Å². The van der Waals surface area contributed by atoms with Crippen molar-refractivity contribution in [2.75, 3.05) is 52.6 Å². The summed E-state index contributed by atoms with van der Waals surface area (Å²) in [7, 11) is 0. The third-order valence-electron chi connectivity index (χ3n) is 3.01. The fourth-order valence-corrected chi connectivity index (χ4v) is 2.05. The fraction of sp³-hybridized carbons (Fsp3) is 0.833. The lowest BCUT2D eigenvalue weighted by molar-refractivity contribution is -0.126. The molecule has 7 heteroatoms. The van der Waals surface area contributed by atoms with Crippen molar-refractivity contribution in [3.63, 3.8) is 0 Å².